The number of rotatable bonds is 3. The molecule has 7 heteroatoms. The van der Waals surface area contributed by atoms with Crippen LogP contribution in [0.3, 0.4) is 0 Å². The summed E-state index contributed by atoms with van der Waals surface area (Å²) in [6, 6.07) is 4.05. The Hall–Kier alpha value is -1.94. The van der Waals surface area contributed by atoms with Crippen LogP contribution < -0.4 is 15.8 Å². The molecule has 0 aliphatic carbocycles. The highest BCUT2D eigenvalue weighted by molar-refractivity contribution is 7.70. The minimum absolute atomic E-state index is 0.0254. The van der Waals surface area contributed by atoms with Gasteiger partial charge in [-0.2, -0.15) is 0 Å². The molecular formula is C12H13FN3O2P. The van der Waals surface area contributed by atoms with Gasteiger partial charge in [0.15, 0.2) is 11.6 Å². The quantitative estimate of drug-likeness (QED) is 0.689. The van der Waals surface area contributed by atoms with Crippen LogP contribution in [0.5, 0.6) is 11.6 Å². The smallest absolute Gasteiger partial charge is 0.233 e. The van der Waals surface area contributed by atoms with Crippen molar-refractivity contribution in [2.24, 2.45) is 0 Å². The van der Waals surface area contributed by atoms with Crippen LogP contribution in [0.25, 0.3) is 0 Å². The average molecular weight is 281 g/mol. The molecule has 0 spiro atoms. The van der Waals surface area contributed by atoms with E-state index < -0.39 is 13.0 Å². The van der Waals surface area contributed by atoms with E-state index in [-0.39, 0.29) is 11.6 Å². The van der Waals surface area contributed by atoms with Gasteiger partial charge in [0.2, 0.25) is 5.88 Å². The van der Waals surface area contributed by atoms with Crippen molar-refractivity contribution in [1.29, 1.82) is 0 Å². The third kappa shape index (κ3) is 3.09. The second-order valence-electron chi connectivity index (χ2n) is 4.36. The van der Waals surface area contributed by atoms with Crippen molar-refractivity contribution >= 4 is 18.1 Å². The molecule has 0 radical (unpaired) electrons. The zero-order valence-electron chi connectivity index (χ0n) is 10.5. The number of benzene rings is 1. The molecule has 100 valence electrons. The molecule has 0 amide bonds. The van der Waals surface area contributed by atoms with Crippen molar-refractivity contribution in [3.05, 3.63) is 36.5 Å². The number of nitrogens with zero attached hydrogens (tertiary/aromatic N) is 2. The molecule has 0 atom stereocenters. The second-order valence-corrected chi connectivity index (χ2v) is 7.54. The molecule has 2 N–H and O–H groups in total. The van der Waals surface area contributed by atoms with E-state index in [1.165, 1.54) is 24.7 Å². The predicted molar refractivity (Wildman–Crippen MR) is 72.0 cm³/mol. The highest BCUT2D eigenvalue weighted by Crippen LogP contribution is 2.38. The van der Waals surface area contributed by atoms with Crippen LogP contribution in [-0.4, -0.2) is 23.3 Å². The number of halogens is 1. The molecule has 0 aliphatic rings. The number of aromatic nitrogens is 2. The number of nitrogen functional groups attached to an aromatic ring is 1. The van der Waals surface area contributed by atoms with Crippen LogP contribution in [0.15, 0.2) is 30.7 Å². The molecule has 0 saturated heterocycles. The van der Waals surface area contributed by atoms with Crippen molar-refractivity contribution in [3.8, 4) is 11.6 Å². The minimum atomic E-state index is -2.61. The fraction of sp³-hybridized carbons (Fsp3) is 0.167. The van der Waals surface area contributed by atoms with Gasteiger partial charge in [-0.1, -0.05) is 0 Å². The Bertz CT molecular complexity index is 657. The van der Waals surface area contributed by atoms with Crippen LogP contribution in [0.2, 0.25) is 0 Å². The molecule has 0 aliphatic heterocycles. The summed E-state index contributed by atoms with van der Waals surface area (Å²) in [4.78, 5) is 7.71. The van der Waals surface area contributed by atoms with Gasteiger partial charge in [-0.05, 0) is 25.5 Å². The lowest BCUT2D eigenvalue weighted by atomic mass is 10.3. The summed E-state index contributed by atoms with van der Waals surface area (Å²) in [5.41, 5.74) is 5.75. The normalized spacial score (nSPS) is 11.3. The molecule has 0 saturated carbocycles. The number of nitrogens with two attached hydrogens (primary N) is 1. The Morgan fingerprint density at radius 1 is 1.37 bits per heavy atom. The largest absolute Gasteiger partial charge is 0.435 e. The zero-order valence-corrected chi connectivity index (χ0v) is 11.4. The van der Waals surface area contributed by atoms with E-state index in [4.69, 9.17) is 10.5 Å². The van der Waals surface area contributed by atoms with E-state index in [0.717, 1.165) is 6.07 Å². The molecule has 19 heavy (non-hydrogen) atoms. The molecular weight excluding hydrogens is 268 g/mol. The van der Waals surface area contributed by atoms with Gasteiger partial charge in [0.05, 0.1) is 5.30 Å². The molecule has 5 nitrogen and oxygen atoms in total. The topological polar surface area (TPSA) is 78.1 Å². The Labute approximate surface area is 110 Å². The maximum Gasteiger partial charge on any atom is 0.233 e. The first-order valence-corrected chi connectivity index (χ1v) is 8.06. The van der Waals surface area contributed by atoms with Gasteiger partial charge >= 0.3 is 0 Å². The van der Waals surface area contributed by atoms with E-state index in [0.29, 0.717) is 11.0 Å². The van der Waals surface area contributed by atoms with Crippen LogP contribution in [0.1, 0.15) is 0 Å². The van der Waals surface area contributed by atoms with Gasteiger partial charge in [-0.15, -0.1) is 0 Å². The average Bonchev–Trinajstić information content (AvgIpc) is 2.32. The number of hydrogen-bond donors (Lipinski definition) is 1. The fourth-order valence-corrected chi connectivity index (χ4v) is 2.37. The number of hydrogen-bond acceptors (Lipinski definition) is 5. The number of ether oxygens (including phenoxy) is 1. The van der Waals surface area contributed by atoms with Gasteiger partial charge in [0.25, 0.3) is 0 Å². The van der Waals surface area contributed by atoms with Crippen LogP contribution in [-0.2, 0) is 4.57 Å². The summed E-state index contributed by atoms with van der Waals surface area (Å²) < 4.78 is 31.1. The first-order chi connectivity index (χ1) is 8.88. The van der Waals surface area contributed by atoms with Gasteiger partial charge < -0.3 is 15.0 Å². The summed E-state index contributed by atoms with van der Waals surface area (Å²) in [7, 11) is -2.61. The van der Waals surface area contributed by atoms with Crippen LogP contribution in [0.4, 0.5) is 10.1 Å². The molecule has 0 bridgehead atoms. The standard InChI is InChI=1S/C12H13FN3O2P/c1-19(2,17)11-6-15-7-16-12(11)18-10-4-3-8(14)5-9(10)13/h3-7H,14H2,1-2H3. The van der Waals surface area contributed by atoms with Gasteiger partial charge in [0.1, 0.15) is 13.5 Å². The van der Waals surface area contributed by atoms with E-state index in [2.05, 4.69) is 9.97 Å². The monoisotopic (exact) mass is 281 g/mol. The highest BCUT2D eigenvalue weighted by Gasteiger charge is 2.20. The lowest BCUT2D eigenvalue weighted by Gasteiger charge is -2.12. The maximum absolute atomic E-state index is 13.6. The number of anilines is 1. The Kier molecular flexibility index (Phi) is 3.53. The Morgan fingerprint density at radius 3 is 2.74 bits per heavy atom. The van der Waals surface area contributed by atoms with Gasteiger partial charge in [-0.25, -0.2) is 14.4 Å². The van der Waals surface area contributed by atoms with E-state index in [1.54, 1.807) is 13.3 Å². The first-order valence-electron chi connectivity index (χ1n) is 5.46. The Morgan fingerprint density at radius 2 is 2.11 bits per heavy atom. The molecule has 1 aromatic carbocycles. The second kappa shape index (κ2) is 4.97. The van der Waals surface area contributed by atoms with Crippen LogP contribution in [0, 0.1) is 5.82 Å². The third-order valence-corrected chi connectivity index (χ3v) is 3.87. The Balaban J connectivity index is 2.42. The van der Waals surface area contributed by atoms with E-state index in [1.807, 2.05) is 0 Å². The molecule has 2 rings (SSSR count). The fourth-order valence-electron chi connectivity index (χ4n) is 1.46. The summed E-state index contributed by atoms with van der Waals surface area (Å²) >= 11 is 0. The lowest BCUT2D eigenvalue weighted by molar-refractivity contribution is 0.429. The van der Waals surface area contributed by atoms with E-state index >= 15 is 0 Å². The summed E-state index contributed by atoms with van der Waals surface area (Å²) in [6.07, 6.45) is 2.67. The molecule has 0 fully saturated rings. The lowest BCUT2D eigenvalue weighted by Crippen LogP contribution is -2.10. The molecule has 2 aromatic rings. The summed E-state index contributed by atoms with van der Waals surface area (Å²) in [6.45, 7) is 3.13. The van der Waals surface area contributed by atoms with Gasteiger partial charge in [0, 0.05) is 18.0 Å². The predicted octanol–water partition coefficient (Wildman–Crippen LogP) is 2.24. The van der Waals surface area contributed by atoms with Crippen molar-refractivity contribution < 1.29 is 13.7 Å². The van der Waals surface area contributed by atoms with Crippen molar-refractivity contribution in [1.82, 2.24) is 9.97 Å². The molecule has 1 aromatic heterocycles. The van der Waals surface area contributed by atoms with Crippen molar-refractivity contribution in [2.75, 3.05) is 19.1 Å². The highest BCUT2D eigenvalue weighted by atomic mass is 31.2. The minimum Gasteiger partial charge on any atom is -0.435 e. The van der Waals surface area contributed by atoms with Gasteiger partial charge in [-0.3, -0.25) is 0 Å². The van der Waals surface area contributed by atoms with Crippen molar-refractivity contribution in [3.63, 3.8) is 0 Å². The first kappa shape index (κ1) is 13.5. The van der Waals surface area contributed by atoms with Crippen molar-refractivity contribution in [2.45, 2.75) is 0 Å². The maximum atomic E-state index is 13.6. The molecule has 0 unspecified atom stereocenters. The molecule has 1 heterocycles. The SMILES string of the molecule is CP(C)(=O)c1cncnc1Oc1ccc(N)cc1F. The zero-order chi connectivity index (χ0) is 14.0. The van der Waals surface area contributed by atoms with E-state index in [9.17, 15) is 8.96 Å². The summed E-state index contributed by atoms with van der Waals surface area (Å²) in [5, 5.41) is 0.367. The van der Waals surface area contributed by atoms with Crippen LogP contribution >= 0.6 is 7.14 Å². The summed E-state index contributed by atoms with van der Waals surface area (Å²) in [5.74, 6) is -0.541. The third-order valence-electron chi connectivity index (χ3n) is 2.40.